The van der Waals surface area contributed by atoms with Gasteiger partial charge in [0.25, 0.3) is 5.91 Å². The average Bonchev–Trinajstić information content (AvgIpc) is 2.85. The number of Topliss-reactive ketones (excluding diaryl/α,β-unsaturated/α-hetero) is 1. The van der Waals surface area contributed by atoms with Gasteiger partial charge in [0.05, 0.1) is 19.2 Å². The molecular formula is C28H44N4O5. The molecule has 4 N–H and O–H groups in total. The zero-order valence-corrected chi connectivity index (χ0v) is 22.9. The highest BCUT2D eigenvalue weighted by Gasteiger charge is 2.50. The number of hydrogen-bond donors (Lipinski definition) is 4. The maximum atomic E-state index is 14.0. The minimum Gasteiger partial charge on any atom is -0.392 e. The number of ketones is 1. The van der Waals surface area contributed by atoms with E-state index in [0.717, 1.165) is 19.3 Å². The van der Waals surface area contributed by atoms with Crippen LogP contribution in [0.3, 0.4) is 0 Å². The third-order valence-corrected chi connectivity index (χ3v) is 5.86. The van der Waals surface area contributed by atoms with E-state index in [1.54, 1.807) is 13.8 Å². The fraction of sp³-hybridized carbons (Fsp3) is 0.571. The van der Waals surface area contributed by atoms with Crippen molar-refractivity contribution < 1.29 is 24.3 Å². The molecule has 0 fully saturated rings. The number of anilines is 1. The Hall–Kier alpha value is -3.20. The Balaban J connectivity index is 3.52. The number of para-hydroxylation sites is 1. The van der Waals surface area contributed by atoms with Crippen molar-refractivity contribution in [2.24, 2.45) is 5.92 Å². The van der Waals surface area contributed by atoms with Gasteiger partial charge in [-0.25, -0.2) is 0 Å². The zero-order chi connectivity index (χ0) is 28.0. The van der Waals surface area contributed by atoms with Crippen LogP contribution in [-0.4, -0.2) is 66.4 Å². The molecule has 1 unspecified atom stereocenters. The molecule has 1 aromatic rings. The highest BCUT2D eigenvalue weighted by atomic mass is 16.3. The molecule has 0 spiro atoms. The monoisotopic (exact) mass is 516 g/mol. The number of rotatable bonds is 17. The van der Waals surface area contributed by atoms with Crippen LogP contribution in [0.15, 0.2) is 42.5 Å². The Morgan fingerprint density at radius 3 is 2.19 bits per heavy atom. The van der Waals surface area contributed by atoms with Crippen molar-refractivity contribution in [2.45, 2.75) is 71.9 Å². The molecular weight excluding hydrogens is 472 g/mol. The highest BCUT2D eigenvalue weighted by Crippen LogP contribution is 2.32. The Bertz CT molecular complexity index is 916. The van der Waals surface area contributed by atoms with E-state index in [1.165, 1.54) is 0 Å². The molecule has 0 aromatic heterocycles. The van der Waals surface area contributed by atoms with Gasteiger partial charge >= 0.3 is 0 Å². The van der Waals surface area contributed by atoms with Crippen molar-refractivity contribution in [2.75, 3.05) is 31.1 Å². The van der Waals surface area contributed by atoms with Crippen LogP contribution in [0.5, 0.6) is 0 Å². The molecule has 0 aliphatic heterocycles. The minimum atomic E-state index is -1.67. The lowest BCUT2D eigenvalue weighted by molar-refractivity contribution is -0.138. The molecule has 9 nitrogen and oxygen atoms in total. The second kappa shape index (κ2) is 15.8. The smallest absolute Gasteiger partial charge is 0.254 e. The number of carbonyl (C=O) groups is 4. The summed E-state index contributed by atoms with van der Waals surface area (Å²) in [5, 5.41) is 17.2. The Kier molecular flexibility index (Phi) is 13.6. The molecule has 3 amide bonds. The van der Waals surface area contributed by atoms with Crippen LogP contribution in [0.2, 0.25) is 0 Å². The van der Waals surface area contributed by atoms with E-state index in [-0.39, 0.29) is 37.5 Å². The summed E-state index contributed by atoms with van der Waals surface area (Å²) in [4.78, 5) is 54.3. The van der Waals surface area contributed by atoms with Crippen molar-refractivity contribution in [1.29, 1.82) is 0 Å². The minimum absolute atomic E-state index is 0.0465. The van der Waals surface area contributed by atoms with Crippen LogP contribution in [0.1, 0.15) is 60.3 Å². The summed E-state index contributed by atoms with van der Waals surface area (Å²) in [6.45, 7) is 12.4. The van der Waals surface area contributed by atoms with Crippen molar-refractivity contribution >= 4 is 29.2 Å². The zero-order valence-electron chi connectivity index (χ0n) is 22.9. The Morgan fingerprint density at radius 2 is 1.65 bits per heavy atom. The normalized spacial score (nSPS) is 13.3. The van der Waals surface area contributed by atoms with Gasteiger partial charge in [0.15, 0.2) is 11.3 Å². The largest absolute Gasteiger partial charge is 0.392 e. The summed E-state index contributed by atoms with van der Waals surface area (Å²) < 4.78 is 0. The van der Waals surface area contributed by atoms with E-state index in [4.69, 9.17) is 0 Å². The van der Waals surface area contributed by atoms with E-state index in [1.807, 2.05) is 49.1 Å². The maximum absolute atomic E-state index is 14.0. The first-order valence-corrected chi connectivity index (χ1v) is 13.0. The van der Waals surface area contributed by atoms with Crippen molar-refractivity contribution in [3.8, 4) is 0 Å². The molecule has 0 radical (unpaired) electrons. The number of unbranched alkanes of at least 4 members (excludes halogenated alkanes) is 2. The van der Waals surface area contributed by atoms with E-state index < -0.39 is 35.1 Å². The molecule has 0 aliphatic rings. The standard InChI is InChI=1S/C28H44N4O5/c1-7-8-12-15-32(23-13-10-9-11-14-23)28(16-20(2)3,24(34)18-30-26(36)21(4)5)27(37)31-19-25(35)29-17-22(6)33/h9-11,13-14,20,22,33H,4,7-8,12,15-19H2,1-3,5-6H3,(H,29,35)(H,30,36)(H,31,37)/t22?,28-/m1/s1. The van der Waals surface area contributed by atoms with E-state index in [2.05, 4.69) is 29.5 Å². The number of aliphatic hydroxyl groups excluding tert-OH is 1. The van der Waals surface area contributed by atoms with Crippen molar-refractivity contribution in [3.63, 3.8) is 0 Å². The lowest BCUT2D eigenvalue weighted by Gasteiger charge is -2.44. The van der Waals surface area contributed by atoms with Crippen LogP contribution < -0.4 is 20.9 Å². The first-order chi connectivity index (χ1) is 17.4. The summed E-state index contributed by atoms with van der Waals surface area (Å²) in [6.07, 6.45) is 2.06. The van der Waals surface area contributed by atoms with Gasteiger partial charge in [-0.2, -0.15) is 0 Å². The predicted octanol–water partition coefficient (Wildman–Crippen LogP) is 2.34. The summed E-state index contributed by atoms with van der Waals surface area (Å²) in [5.41, 5.74) is -0.715. The predicted molar refractivity (Wildman–Crippen MR) is 146 cm³/mol. The van der Waals surface area contributed by atoms with Gasteiger partial charge in [-0.3, -0.25) is 19.2 Å². The fourth-order valence-electron chi connectivity index (χ4n) is 4.06. The molecule has 206 valence electrons. The van der Waals surface area contributed by atoms with Gasteiger partial charge in [-0.15, -0.1) is 0 Å². The SMILES string of the molecule is C=C(C)C(=O)NCC(=O)[C@](CC(C)C)(C(=O)NCC(=O)NCC(C)O)N(CCCCC)c1ccccc1. The van der Waals surface area contributed by atoms with Crippen LogP contribution >= 0.6 is 0 Å². The molecule has 1 aromatic carbocycles. The van der Waals surface area contributed by atoms with Crippen LogP contribution in [0.4, 0.5) is 5.69 Å². The summed E-state index contributed by atoms with van der Waals surface area (Å²) in [6, 6.07) is 9.25. The molecule has 0 saturated carbocycles. The average molecular weight is 517 g/mol. The quantitative estimate of drug-likeness (QED) is 0.143. The van der Waals surface area contributed by atoms with Gasteiger partial charge in [0, 0.05) is 24.4 Å². The third-order valence-electron chi connectivity index (χ3n) is 5.86. The number of hydrogen-bond acceptors (Lipinski definition) is 6. The third kappa shape index (κ3) is 9.99. The van der Waals surface area contributed by atoms with E-state index in [9.17, 15) is 24.3 Å². The van der Waals surface area contributed by atoms with E-state index in [0.29, 0.717) is 12.2 Å². The molecule has 37 heavy (non-hydrogen) atoms. The second-order valence-corrected chi connectivity index (χ2v) is 9.87. The molecule has 1 rings (SSSR count). The molecule has 2 atom stereocenters. The van der Waals surface area contributed by atoms with E-state index >= 15 is 0 Å². The number of carbonyl (C=O) groups excluding carboxylic acids is 4. The number of amides is 3. The summed E-state index contributed by atoms with van der Waals surface area (Å²) >= 11 is 0. The summed E-state index contributed by atoms with van der Waals surface area (Å²) in [5.74, 6) is -2.09. The topological polar surface area (TPSA) is 128 Å². The molecule has 0 saturated heterocycles. The molecule has 9 heteroatoms. The number of nitrogens with zero attached hydrogens (tertiary/aromatic N) is 1. The van der Waals surface area contributed by atoms with Gasteiger partial charge < -0.3 is 26.0 Å². The highest BCUT2D eigenvalue weighted by molar-refractivity contribution is 6.15. The Morgan fingerprint density at radius 1 is 1.00 bits per heavy atom. The number of nitrogens with one attached hydrogen (secondary N) is 3. The van der Waals surface area contributed by atoms with Crippen LogP contribution in [0, 0.1) is 5.92 Å². The summed E-state index contributed by atoms with van der Waals surface area (Å²) in [7, 11) is 0. The van der Waals surface area contributed by atoms with Gasteiger partial charge in [0.2, 0.25) is 11.8 Å². The number of benzene rings is 1. The lowest BCUT2D eigenvalue weighted by Crippen LogP contribution is -2.67. The lowest BCUT2D eigenvalue weighted by atomic mass is 9.81. The Labute approximate surface area is 221 Å². The van der Waals surface area contributed by atoms with Gasteiger partial charge in [-0.1, -0.05) is 58.4 Å². The van der Waals surface area contributed by atoms with Crippen LogP contribution in [0.25, 0.3) is 0 Å². The molecule has 0 heterocycles. The first-order valence-electron chi connectivity index (χ1n) is 13.0. The van der Waals surface area contributed by atoms with Crippen LogP contribution in [-0.2, 0) is 19.2 Å². The fourth-order valence-corrected chi connectivity index (χ4v) is 4.06. The van der Waals surface area contributed by atoms with Gasteiger partial charge in [-0.05, 0) is 44.7 Å². The van der Waals surface area contributed by atoms with Crippen molar-refractivity contribution in [3.05, 3.63) is 42.5 Å². The maximum Gasteiger partial charge on any atom is 0.254 e. The van der Waals surface area contributed by atoms with Crippen molar-refractivity contribution in [1.82, 2.24) is 16.0 Å². The molecule has 0 aliphatic carbocycles. The first kappa shape index (κ1) is 31.8. The van der Waals surface area contributed by atoms with Gasteiger partial charge in [0.1, 0.15) is 0 Å². The number of aliphatic hydroxyl groups is 1. The molecule has 0 bridgehead atoms. The second-order valence-electron chi connectivity index (χ2n) is 9.87.